The van der Waals surface area contributed by atoms with Crippen molar-refractivity contribution >= 4 is 29.3 Å². The van der Waals surface area contributed by atoms with E-state index in [2.05, 4.69) is 30.5 Å². The molecule has 2 N–H and O–H groups in total. The van der Waals surface area contributed by atoms with Crippen molar-refractivity contribution in [2.75, 3.05) is 5.73 Å². The van der Waals surface area contributed by atoms with Gasteiger partial charge in [0.15, 0.2) is 0 Å². The fourth-order valence-corrected chi connectivity index (χ4v) is 2.40. The predicted molar refractivity (Wildman–Crippen MR) is 72.5 cm³/mol. The molecule has 0 aliphatic heterocycles. The summed E-state index contributed by atoms with van der Waals surface area (Å²) in [6.07, 6.45) is 0. The number of aromatic nitrogens is 7. The molecule has 0 unspecified atom stereocenters. The summed E-state index contributed by atoms with van der Waals surface area (Å²) < 4.78 is 1.57. The van der Waals surface area contributed by atoms with E-state index in [0.717, 1.165) is 17.4 Å². The third-order valence-electron chi connectivity index (χ3n) is 2.23. The van der Waals surface area contributed by atoms with Crippen LogP contribution >= 0.6 is 23.4 Å². The summed E-state index contributed by atoms with van der Waals surface area (Å²) in [5, 5.41) is 12.4. The molecule has 0 spiro atoms. The number of hydrogen-bond acceptors (Lipinski definition) is 8. The lowest BCUT2D eigenvalue weighted by atomic mass is 10.3. The average Bonchev–Trinajstić information content (AvgIpc) is 2.86. The largest absolute Gasteiger partial charge is 0.368 e. The van der Waals surface area contributed by atoms with Crippen LogP contribution in [0.25, 0.3) is 5.69 Å². The van der Waals surface area contributed by atoms with Gasteiger partial charge in [-0.1, -0.05) is 18.2 Å². The molecule has 8 nitrogen and oxygen atoms in total. The number of anilines is 1. The first-order chi connectivity index (χ1) is 9.72. The maximum absolute atomic E-state index is 5.73. The number of nitrogen functional groups attached to an aromatic ring is 1. The highest BCUT2D eigenvalue weighted by molar-refractivity contribution is 7.99. The average molecular weight is 307 g/mol. The molecule has 20 heavy (non-hydrogen) atoms. The van der Waals surface area contributed by atoms with Gasteiger partial charge >= 0.3 is 0 Å². The number of benzene rings is 1. The fourth-order valence-electron chi connectivity index (χ4n) is 1.45. The molecule has 0 aliphatic rings. The van der Waals surface area contributed by atoms with Gasteiger partial charge in [0, 0.05) is 0 Å². The summed E-state index contributed by atoms with van der Waals surface area (Å²) in [6.45, 7) is 0. The zero-order chi connectivity index (χ0) is 13.9. The molecular formula is C10H7ClN8S. The highest BCUT2D eigenvalue weighted by Gasteiger charge is 2.13. The molecule has 2 heterocycles. The molecule has 0 radical (unpaired) electrons. The number of rotatable bonds is 3. The lowest BCUT2D eigenvalue weighted by Gasteiger charge is -2.03. The Labute approximate surface area is 122 Å². The molecule has 1 aromatic carbocycles. The summed E-state index contributed by atoms with van der Waals surface area (Å²) in [5.41, 5.74) is 6.35. The molecule has 2 aromatic heterocycles. The lowest BCUT2D eigenvalue weighted by Crippen LogP contribution is -2.01. The lowest BCUT2D eigenvalue weighted by molar-refractivity contribution is 0.754. The molecule has 0 bridgehead atoms. The Morgan fingerprint density at radius 3 is 2.65 bits per heavy atom. The SMILES string of the molecule is Nc1nc(Cl)nc(Sc2nnnn2-c2ccccc2)n1. The standard InChI is InChI=1S/C10H7ClN8S/c11-7-13-8(12)15-9(14-7)20-10-16-17-18-19(10)6-4-2-1-3-5-6/h1-5H,(H2,12,13,14,15). The normalized spacial score (nSPS) is 10.7. The Morgan fingerprint density at radius 2 is 1.90 bits per heavy atom. The van der Waals surface area contributed by atoms with Crippen LogP contribution < -0.4 is 5.73 Å². The van der Waals surface area contributed by atoms with Crippen LogP contribution in [0.3, 0.4) is 0 Å². The molecule has 100 valence electrons. The van der Waals surface area contributed by atoms with E-state index in [1.54, 1.807) is 4.68 Å². The third-order valence-corrected chi connectivity index (χ3v) is 3.20. The highest BCUT2D eigenvalue weighted by Crippen LogP contribution is 2.24. The predicted octanol–water partition coefficient (Wildman–Crippen LogP) is 1.23. The summed E-state index contributed by atoms with van der Waals surface area (Å²) in [7, 11) is 0. The summed E-state index contributed by atoms with van der Waals surface area (Å²) >= 11 is 6.88. The van der Waals surface area contributed by atoms with E-state index in [9.17, 15) is 0 Å². The second kappa shape index (κ2) is 5.39. The number of nitrogens with zero attached hydrogens (tertiary/aromatic N) is 7. The Kier molecular flexibility index (Phi) is 3.44. The zero-order valence-electron chi connectivity index (χ0n) is 9.88. The van der Waals surface area contributed by atoms with E-state index in [1.165, 1.54) is 0 Å². The number of hydrogen-bond donors (Lipinski definition) is 1. The van der Waals surface area contributed by atoms with Crippen LogP contribution in [0.5, 0.6) is 0 Å². The molecule has 10 heteroatoms. The Morgan fingerprint density at radius 1 is 1.10 bits per heavy atom. The van der Waals surface area contributed by atoms with Crippen LogP contribution in [0, 0.1) is 0 Å². The minimum Gasteiger partial charge on any atom is -0.368 e. The van der Waals surface area contributed by atoms with Crippen LogP contribution in [0.4, 0.5) is 5.95 Å². The second-order valence-electron chi connectivity index (χ2n) is 3.56. The third kappa shape index (κ3) is 2.68. The van der Waals surface area contributed by atoms with Crippen LogP contribution in [0.2, 0.25) is 5.28 Å². The first-order valence-corrected chi connectivity index (χ1v) is 6.60. The Hall–Kier alpha value is -2.26. The number of halogens is 1. The smallest absolute Gasteiger partial charge is 0.228 e. The molecule has 3 aromatic rings. The van der Waals surface area contributed by atoms with Gasteiger partial charge in [-0.3, -0.25) is 0 Å². The van der Waals surface area contributed by atoms with Gasteiger partial charge in [-0.05, 0) is 45.9 Å². The van der Waals surface area contributed by atoms with E-state index < -0.39 is 0 Å². The fraction of sp³-hybridized carbons (Fsp3) is 0. The Balaban J connectivity index is 1.94. The summed E-state index contributed by atoms with van der Waals surface area (Å²) in [6, 6.07) is 9.46. The van der Waals surface area contributed by atoms with Crippen molar-refractivity contribution in [1.82, 2.24) is 35.2 Å². The maximum atomic E-state index is 5.73. The van der Waals surface area contributed by atoms with Gasteiger partial charge < -0.3 is 5.73 Å². The zero-order valence-corrected chi connectivity index (χ0v) is 11.5. The van der Waals surface area contributed by atoms with Crippen molar-refractivity contribution in [3.05, 3.63) is 35.6 Å². The van der Waals surface area contributed by atoms with Crippen molar-refractivity contribution in [3.63, 3.8) is 0 Å². The minimum absolute atomic E-state index is 0.0266. The van der Waals surface area contributed by atoms with Gasteiger partial charge in [-0.15, -0.1) is 5.10 Å². The highest BCUT2D eigenvalue weighted by atomic mass is 35.5. The minimum atomic E-state index is 0.0266. The van der Waals surface area contributed by atoms with Crippen molar-refractivity contribution in [2.24, 2.45) is 0 Å². The molecule has 0 atom stereocenters. The number of para-hydroxylation sites is 1. The molecule has 0 aliphatic carbocycles. The van der Waals surface area contributed by atoms with Crippen LogP contribution in [-0.4, -0.2) is 35.2 Å². The van der Waals surface area contributed by atoms with Gasteiger partial charge in [-0.2, -0.15) is 19.6 Å². The van der Waals surface area contributed by atoms with Crippen LogP contribution in [0.1, 0.15) is 0 Å². The Bertz CT molecular complexity index is 711. The van der Waals surface area contributed by atoms with E-state index in [-0.39, 0.29) is 11.2 Å². The van der Waals surface area contributed by atoms with Crippen molar-refractivity contribution in [3.8, 4) is 5.69 Å². The first kappa shape index (κ1) is 12.8. The molecule has 0 saturated heterocycles. The van der Waals surface area contributed by atoms with Gasteiger partial charge in [0.2, 0.25) is 21.5 Å². The first-order valence-electron chi connectivity index (χ1n) is 5.41. The van der Waals surface area contributed by atoms with Crippen LogP contribution in [0.15, 0.2) is 40.6 Å². The topological polar surface area (TPSA) is 108 Å². The van der Waals surface area contributed by atoms with Gasteiger partial charge in [0.1, 0.15) is 0 Å². The van der Waals surface area contributed by atoms with E-state index in [4.69, 9.17) is 17.3 Å². The van der Waals surface area contributed by atoms with Gasteiger partial charge in [0.25, 0.3) is 0 Å². The van der Waals surface area contributed by atoms with Crippen molar-refractivity contribution in [2.45, 2.75) is 10.3 Å². The second-order valence-corrected chi connectivity index (χ2v) is 4.83. The summed E-state index contributed by atoms with van der Waals surface area (Å²) in [5.74, 6) is 0.0474. The molecule has 0 saturated carbocycles. The van der Waals surface area contributed by atoms with Gasteiger partial charge in [0.05, 0.1) is 5.69 Å². The molecule has 0 amide bonds. The number of nitrogens with two attached hydrogens (primary N) is 1. The molecule has 0 fully saturated rings. The van der Waals surface area contributed by atoms with Crippen molar-refractivity contribution < 1.29 is 0 Å². The van der Waals surface area contributed by atoms with Gasteiger partial charge in [-0.25, -0.2) is 0 Å². The quantitative estimate of drug-likeness (QED) is 0.769. The molecular weight excluding hydrogens is 300 g/mol. The molecule has 3 rings (SSSR count). The monoisotopic (exact) mass is 306 g/mol. The van der Waals surface area contributed by atoms with E-state index >= 15 is 0 Å². The van der Waals surface area contributed by atoms with E-state index in [0.29, 0.717) is 10.3 Å². The van der Waals surface area contributed by atoms with Crippen molar-refractivity contribution in [1.29, 1.82) is 0 Å². The summed E-state index contributed by atoms with van der Waals surface area (Å²) in [4.78, 5) is 11.6. The number of tetrazole rings is 1. The van der Waals surface area contributed by atoms with E-state index in [1.807, 2.05) is 30.3 Å². The van der Waals surface area contributed by atoms with Crippen LogP contribution in [-0.2, 0) is 0 Å². The maximum Gasteiger partial charge on any atom is 0.228 e.